The number of aliphatic hydroxyl groups is 1. The van der Waals surface area contributed by atoms with E-state index >= 15 is 0 Å². The van der Waals surface area contributed by atoms with E-state index in [1.807, 2.05) is 11.8 Å². The average molecular weight is 273 g/mol. The lowest BCUT2D eigenvalue weighted by Gasteiger charge is -2.42. The Bertz CT molecular complexity index is 227. The number of nitrogens with zero attached hydrogens (tertiary/aromatic N) is 1. The van der Waals surface area contributed by atoms with Crippen LogP contribution in [0, 0.1) is 11.3 Å². The Morgan fingerprint density at radius 2 is 2.00 bits per heavy atom. The van der Waals surface area contributed by atoms with Crippen molar-refractivity contribution in [2.45, 2.75) is 52.0 Å². The Morgan fingerprint density at radius 3 is 2.50 bits per heavy atom. The molecule has 108 valence electrons. The smallest absolute Gasteiger partial charge is 0.0499 e. The second kappa shape index (κ2) is 7.76. The van der Waals surface area contributed by atoms with Crippen molar-refractivity contribution in [2.24, 2.45) is 11.3 Å². The van der Waals surface area contributed by atoms with Gasteiger partial charge >= 0.3 is 0 Å². The molecule has 1 unspecified atom stereocenters. The molecule has 1 aliphatic rings. The molecule has 3 heteroatoms. The predicted octanol–water partition coefficient (Wildman–Crippen LogP) is 3.25. The maximum Gasteiger partial charge on any atom is 0.0499 e. The fraction of sp³-hybridized carbons (Fsp3) is 1.00. The van der Waals surface area contributed by atoms with Gasteiger partial charge in [0.2, 0.25) is 0 Å². The molecule has 0 aromatic heterocycles. The fourth-order valence-corrected chi connectivity index (χ4v) is 3.51. The van der Waals surface area contributed by atoms with Gasteiger partial charge in [0.1, 0.15) is 0 Å². The van der Waals surface area contributed by atoms with Crippen LogP contribution in [0.25, 0.3) is 0 Å². The Kier molecular flexibility index (Phi) is 7.04. The highest BCUT2D eigenvalue weighted by molar-refractivity contribution is 7.98. The number of thioether (sulfide) groups is 1. The van der Waals surface area contributed by atoms with Gasteiger partial charge in [-0.1, -0.05) is 19.8 Å². The van der Waals surface area contributed by atoms with E-state index in [2.05, 4.69) is 32.1 Å². The Labute approximate surface area is 118 Å². The van der Waals surface area contributed by atoms with Crippen molar-refractivity contribution < 1.29 is 5.11 Å². The highest BCUT2D eigenvalue weighted by Crippen LogP contribution is 2.39. The molecular weight excluding hydrogens is 242 g/mol. The quantitative estimate of drug-likeness (QED) is 0.770. The average Bonchev–Trinajstić information content (AvgIpc) is 2.38. The van der Waals surface area contributed by atoms with Crippen LogP contribution < -0.4 is 0 Å². The van der Waals surface area contributed by atoms with Crippen LogP contribution in [0.1, 0.15) is 46.0 Å². The van der Waals surface area contributed by atoms with Gasteiger partial charge in [-0.15, -0.1) is 0 Å². The molecule has 0 aromatic carbocycles. The van der Waals surface area contributed by atoms with Crippen LogP contribution in [0.4, 0.5) is 0 Å². The van der Waals surface area contributed by atoms with Gasteiger partial charge in [0, 0.05) is 24.6 Å². The molecule has 1 rings (SSSR count). The first-order chi connectivity index (χ1) is 8.53. The molecule has 0 bridgehead atoms. The number of hydrogen-bond acceptors (Lipinski definition) is 3. The molecule has 1 fully saturated rings. The van der Waals surface area contributed by atoms with Crippen LogP contribution in [0.3, 0.4) is 0 Å². The summed E-state index contributed by atoms with van der Waals surface area (Å²) in [5, 5.41) is 9.80. The van der Waals surface area contributed by atoms with Crippen molar-refractivity contribution in [1.82, 2.24) is 4.90 Å². The van der Waals surface area contributed by atoms with E-state index in [1.165, 1.54) is 37.9 Å². The van der Waals surface area contributed by atoms with E-state index in [0.29, 0.717) is 12.6 Å². The summed E-state index contributed by atoms with van der Waals surface area (Å²) in [7, 11) is 2.22. The first-order valence-electron chi connectivity index (χ1n) is 7.33. The lowest BCUT2D eigenvalue weighted by atomic mass is 9.71. The highest BCUT2D eigenvalue weighted by Gasteiger charge is 2.35. The van der Waals surface area contributed by atoms with Gasteiger partial charge in [-0.25, -0.2) is 0 Å². The molecule has 1 atom stereocenters. The molecule has 0 heterocycles. The molecule has 2 nitrogen and oxygen atoms in total. The molecule has 0 radical (unpaired) electrons. The standard InChI is InChI=1S/C15H31NOS/c1-13-5-8-15(12-17,9-6-13)11-16(3)14(2)7-10-18-4/h13-14,17H,5-12H2,1-4H3. The normalized spacial score (nSPS) is 30.7. The fourth-order valence-electron chi connectivity index (χ4n) is 2.93. The van der Waals surface area contributed by atoms with E-state index in [1.54, 1.807) is 0 Å². The molecule has 0 aromatic rings. The van der Waals surface area contributed by atoms with Crippen molar-refractivity contribution in [2.75, 3.05) is 32.2 Å². The van der Waals surface area contributed by atoms with Gasteiger partial charge in [-0.2, -0.15) is 11.8 Å². The number of rotatable bonds is 7. The maximum absolute atomic E-state index is 9.80. The zero-order valence-electron chi connectivity index (χ0n) is 12.6. The summed E-state index contributed by atoms with van der Waals surface area (Å²) in [6.07, 6.45) is 8.38. The summed E-state index contributed by atoms with van der Waals surface area (Å²) in [6, 6.07) is 0.625. The SMILES string of the molecule is CSCCC(C)N(C)CC1(CO)CCC(C)CC1. The van der Waals surface area contributed by atoms with Gasteiger partial charge in [-0.05, 0) is 51.2 Å². The predicted molar refractivity (Wildman–Crippen MR) is 82.2 cm³/mol. The third-order valence-corrected chi connectivity index (χ3v) is 5.39. The van der Waals surface area contributed by atoms with E-state index in [0.717, 1.165) is 12.5 Å². The van der Waals surface area contributed by atoms with Gasteiger partial charge in [0.25, 0.3) is 0 Å². The van der Waals surface area contributed by atoms with E-state index in [4.69, 9.17) is 0 Å². The molecular formula is C15H31NOS. The number of aliphatic hydroxyl groups excluding tert-OH is 1. The molecule has 1 saturated carbocycles. The topological polar surface area (TPSA) is 23.5 Å². The molecule has 0 saturated heterocycles. The minimum Gasteiger partial charge on any atom is -0.396 e. The Morgan fingerprint density at radius 1 is 1.39 bits per heavy atom. The van der Waals surface area contributed by atoms with E-state index < -0.39 is 0 Å². The minimum atomic E-state index is 0.175. The summed E-state index contributed by atoms with van der Waals surface area (Å²) >= 11 is 1.92. The first-order valence-corrected chi connectivity index (χ1v) is 8.72. The minimum absolute atomic E-state index is 0.175. The van der Waals surface area contributed by atoms with Crippen LogP contribution in [0.2, 0.25) is 0 Å². The Balaban J connectivity index is 2.46. The summed E-state index contributed by atoms with van der Waals surface area (Å²) in [4.78, 5) is 2.46. The molecule has 0 amide bonds. The van der Waals surface area contributed by atoms with Gasteiger partial charge in [0.15, 0.2) is 0 Å². The second-order valence-electron chi connectivity index (χ2n) is 6.39. The summed E-state index contributed by atoms with van der Waals surface area (Å²) in [6.45, 7) is 6.07. The van der Waals surface area contributed by atoms with Crippen LogP contribution in [-0.2, 0) is 0 Å². The van der Waals surface area contributed by atoms with Crippen molar-refractivity contribution in [3.05, 3.63) is 0 Å². The zero-order valence-corrected chi connectivity index (χ0v) is 13.4. The third kappa shape index (κ3) is 4.75. The molecule has 18 heavy (non-hydrogen) atoms. The lowest BCUT2D eigenvalue weighted by Crippen LogP contribution is -2.44. The monoisotopic (exact) mass is 273 g/mol. The van der Waals surface area contributed by atoms with Gasteiger partial charge in [-0.3, -0.25) is 0 Å². The summed E-state index contributed by atoms with van der Waals surface area (Å²) < 4.78 is 0. The van der Waals surface area contributed by atoms with Crippen molar-refractivity contribution >= 4 is 11.8 Å². The van der Waals surface area contributed by atoms with E-state index in [-0.39, 0.29) is 5.41 Å². The van der Waals surface area contributed by atoms with Crippen molar-refractivity contribution in [1.29, 1.82) is 0 Å². The highest BCUT2D eigenvalue weighted by atomic mass is 32.2. The van der Waals surface area contributed by atoms with Crippen LogP contribution in [-0.4, -0.2) is 48.3 Å². The largest absolute Gasteiger partial charge is 0.396 e. The molecule has 0 aliphatic heterocycles. The molecule has 1 aliphatic carbocycles. The van der Waals surface area contributed by atoms with Gasteiger partial charge in [0.05, 0.1) is 0 Å². The summed E-state index contributed by atoms with van der Waals surface area (Å²) in [5.74, 6) is 2.08. The first kappa shape index (κ1) is 16.3. The lowest BCUT2D eigenvalue weighted by molar-refractivity contribution is 0.0267. The third-order valence-electron chi connectivity index (χ3n) is 4.75. The number of hydrogen-bond donors (Lipinski definition) is 1. The van der Waals surface area contributed by atoms with Crippen LogP contribution in [0.5, 0.6) is 0 Å². The van der Waals surface area contributed by atoms with Crippen molar-refractivity contribution in [3.63, 3.8) is 0 Å². The van der Waals surface area contributed by atoms with Crippen LogP contribution in [0.15, 0.2) is 0 Å². The molecule has 0 spiro atoms. The molecule has 1 N–H and O–H groups in total. The zero-order chi connectivity index (χ0) is 13.6. The maximum atomic E-state index is 9.80. The second-order valence-corrected chi connectivity index (χ2v) is 7.37. The summed E-state index contributed by atoms with van der Waals surface area (Å²) in [5.41, 5.74) is 0.175. The van der Waals surface area contributed by atoms with E-state index in [9.17, 15) is 5.11 Å². The Hall–Kier alpha value is 0.270. The van der Waals surface area contributed by atoms with Crippen molar-refractivity contribution in [3.8, 4) is 0 Å². The van der Waals surface area contributed by atoms with Gasteiger partial charge < -0.3 is 10.0 Å². The van der Waals surface area contributed by atoms with Crippen LogP contribution >= 0.6 is 11.8 Å².